The van der Waals surface area contributed by atoms with Gasteiger partial charge in [0.1, 0.15) is 12.0 Å². The average Bonchev–Trinajstić information content (AvgIpc) is 2.62. The highest BCUT2D eigenvalue weighted by atomic mass is 32.2. The number of hydrazine groups is 1. The Balaban J connectivity index is 2.34. The van der Waals surface area contributed by atoms with E-state index in [0.29, 0.717) is 5.75 Å². The Kier molecular flexibility index (Phi) is 6.41. The number of rotatable bonds is 8. The normalized spacial score (nSPS) is 12.8. The zero-order valence-electron chi connectivity index (χ0n) is 13.0. The number of nitrogens with zero attached hydrogens (tertiary/aromatic N) is 1. The summed E-state index contributed by atoms with van der Waals surface area (Å²) in [6, 6.07) is 15.0. The molecule has 128 valence electrons. The second-order valence-electron chi connectivity index (χ2n) is 4.88. The maximum atomic E-state index is 12.9. The number of sulfonamides is 1. The van der Waals surface area contributed by atoms with Crippen molar-refractivity contribution >= 4 is 27.6 Å². The summed E-state index contributed by atoms with van der Waals surface area (Å²) in [4.78, 5) is 0.0725. The first-order valence-corrected chi connectivity index (χ1v) is 8.99. The van der Waals surface area contributed by atoms with Gasteiger partial charge in [0.2, 0.25) is 0 Å². The van der Waals surface area contributed by atoms with Crippen LogP contribution in [-0.2, 0) is 16.6 Å². The van der Waals surface area contributed by atoms with Crippen molar-refractivity contribution in [1.29, 1.82) is 0 Å². The monoisotopic (exact) mass is 366 g/mol. The fourth-order valence-electron chi connectivity index (χ4n) is 2.00. The van der Waals surface area contributed by atoms with Gasteiger partial charge in [-0.1, -0.05) is 42.5 Å². The Bertz CT molecular complexity index is 764. The van der Waals surface area contributed by atoms with Crippen molar-refractivity contribution < 1.29 is 18.3 Å². The molecule has 0 aliphatic heterocycles. The Hall–Kier alpha value is -1.84. The summed E-state index contributed by atoms with van der Waals surface area (Å²) in [7, 11) is -2.39. The first kappa shape index (κ1) is 18.5. The maximum absolute atomic E-state index is 12.9. The minimum atomic E-state index is -3.89. The SMILES string of the molecule is COc1ccc(S(=O)(=O)N(Cc2ccccc2)NC(O)C=S)cc1. The highest BCUT2D eigenvalue weighted by Gasteiger charge is 2.26. The minimum Gasteiger partial charge on any atom is -0.497 e. The lowest BCUT2D eigenvalue weighted by atomic mass is 10.2. The number of aliphatic hydroxyl groups excluding tert-OH is 1. The van der Waals surface area contributed by atoms with Crippen molar-refractivity contribution in [3.8, 4) is 5.75 Å². The lowest BCUT2D eigenvalue weighted by Crippen LogP contribution is -2.48. The summed E-state index contributed by atoms with van der Waals surface area (Å²) < 4.78 is 31.7. The number of ether oxygens (including phenoxy) is 1. The molecule has 0 bridgehead atoms. The predicted molar refractivity (Wildman–Crippen MR) is 95.0 cm³/mol. The third-order valence-corrected chi connectivity index (χ3v) is 5.16. The van der Waals surface area contributed by atoms with Crippen molar-refractivity contribution in [1.82, 2.24) is 9.84 Å². The van der Waals surface area contributed by atoms with Gasteiger partial charge in [-0.05, 0) is 29.8 Å². The lowest BCUT2D eigenvalue weighted by Gasteiger charge is -2.24. The van der Waals surface area contributed by atoms with Gasteiger partial charge in [0.25, 0.3) is 10.0 Å². The van der Waals surface area contributed by atoms with Crippen LogP contribution in [0.1, 0.15) is 5.56 Å². The molecule has 0 aliphatic carbocycles. The summed E-state index contributed by atoms with van der Waals surface area (Å²) in [5.41, 5.74) is 3.26. The van der Waals surface area contributed by atoms with E-state index >= 15 is 0 Å². The Morgan fingerprint density at radius 3 is 2.38 bits per heavy atom. The molecule has 0 saturated heterocycles. The van der Waals surface area contributed by atoms with Crippen LogP contribution in [-0.4, -0.2) is 36.6 Å². The Morgan fingerprint density at radius 2 is 1.83 bits per heavy atom. The van der Waals surface area contributed by atoms with Crippen LogP contribution in [0.4, 0.5) is 0 Å². The van der Waals surface area contributed by atoms with Crippen LogP contribution in [0.2, 0.25) is 0 Å². The summed E-state index contributed by atoms with van der Waals surface area (Å²) >= 11 is 4.65. The highest BCUT2D eigenvalue weighted by Crippen LogP contribution is 2.20. The van der Waals surface area contributed by atoms with Crippen LogP contribution in [0, 0.1) is 0 Å². The van der Waals surface area contributed by atoms with Crippen molar-refractivity contribution in [2.24, 2.45) is 0 Å². The topological polar surface area (TPSA) is 78.9 Å². The van der Waals surface area contributed by atoms with Crippen molar-refractivity contribution in [3.63, 3.8) is 0 Å². The molecular formula is C16H18N2O4S2. The number of nitrogens with one attached hydrogen (secondary N) is 1. The highest BCUT2D eigenvalue weighted by molar-refractivity contribution is 7.89. The van der Waals surface area contributed by atoms with E-state index in [1.54, 1.807) is 24.3 Å². The van der Waals surface area contributed by atoms with Gasteiger partial charge in [0, 0.05) is 5.37 Å². The van der Waals surface area contributed by atoms with Gasteiger partial charge < -0.3 is 9.84 Å². The molecule has 1 atom stereocenters. The predicted octanol–water partition coefficient (Wildman–Crippen LogP) is 1.71. The Labute approximate surface area is 146 Å². The fourth-order valence-corrected chi connectivity index (χ4v) is 3.36. The molecule has 0 aliphatic rings. The van der Waals surface area contributed by atoms with Crippen molar-refractivity contribution in [3.05, 3.63) is 60.2 Å². The zero-order chi connectivity index (χ0) is 17.6. The van der Waals surface area contributed by atoms with Crippen LogP contribution in [0.25, 0.3) is 0 Å². The zero-order valence-corrected chi connectivity index (χ0v) is 14.6. The van der Waals surface area contributed by atoms with E-state index in [1.807, 2.05) is 18.2 Å². The van der Waals surface area contributed by atoms with Crippen LogP contribution >= 0.6 is 12.2 Å². The van der Waals surface area contributed by atoms with E-state index in [1.165, 1.54) is 19.2 Å². The number of methoxy groups -OCH3 is 1. The largest absolute Gasteiger partial charge is 0.497 e. The molecule has 0 amide bonds. The van der Waals surface area contributed by atoms with Gasteiger partial charge in [-0.25, -0.2) is 13.8 Å². The molecule has 2 aromatic carbocycles. The number of benzene rings is 2. The molecule has 24 heavy (non-hydrogen) atoms. The third-order valence-electron chi connectivity index (χ3n) is 3.22. The van der Waals surface area contributed by atoms with Gasteiger partial charge in [-0.3, -0.25) is 0 Å². The van der Waals surface area contributed by atoms with Crippen LogP contribution in [0.3, 0.4) is 0 Å². The van der Waals surface area contributed by atoms with Gasteiger partial charge in [-0.15, -0.1) is 4.41 Å². The maximum Gasteiger partial charge on any atom is 0.256 e. The molecule has 0 heterocycles. The standard InChI is InChI=1S/C16H18N2O4S2/c1-22-14-7-9-15(10-8-14)24(20,21)18(17-16(19)12-23)11-13-5-3-2-4-6-13/h2-10,12,16-17,19H,11H2,1H3. The molecule has 2 N–H and O–H groups in total. The van der Waals surface area contributed by atoms with Gasteiger partial charge in [-0.2, -0.15) is 0 Å². The molecule has 2 rings (SSSR count). The molecular weight excluding hydrogens is 348 g/mol. The lowest BCUT2D eigenvalue weighted by molar-refractivity contribution is 0.133. The summed E-state index contributed by atoms with van der Waals surface area (Å²) in [6.45, 7) is 0.0371. The van der Waals surface area contributed by atoms with E-state index in [4.69, 9.17) is 4.74 Å². The van der Waals surface area contributed by atoms with Crippen LogP contribution in [0.5, 0.6) is 5.75 Å². The van der Waals surface area contributed by atoms with E-state index < -0.39 is 16.3 Å². The smallest absolute Gasteiger partial charge is 0.256 e. The summed E-state index contributed by atoms with van der Waals surface area (Å²) in [6.07, 6.45) is -1.27. The van der Waals surface area contributed by atoms with Crippen molar-refractivity contribution in [2.45, 2.75) is 17.7 Å². The van der Waals surface area contributed by atoms with Crippen molar-refractivity contribution in [2.75, 3.05) is 7.11 Å². The van der Waals surface area contributed by atoms with Gasteiger partial charge in [0.15, 0.2) is 0 Å². The fraction of sp³-hybridized carbons (Fsp3) is 0.188. The van der Waals surface area contributed by atoms with Gasteiger partial charge >= 0.3 is 0 Å². The summed E-state index contributed by atoms with van der Waals surface area (Å²) in [5.74, 6) is 0.551. The molecule has 0 radical (unpaired) electrons. The van der Waals surface area contributed by atoms with E-state index in [9.17, 15) is 13.5 Å². The minimum absolute atomic E-state index is 0.0371. The average molecular weight is 366 g/mol. The second-order valence-corrected chi connectivity index (χ2v) is 7.02. The number of aliphatic hydroxyl groups is 1. The molecule has 1 unspecified atom stereocenters. The number of thiocarbonyl (C=S) groups is 1. The molecule has 0 spiro atoms. The third kappa shape index (κ3) is 4.59. The van der Waals surface area contributed by atoms with E-state index in [2.05, 4.69) is 17.6 Å². The van der Waals surface area contributed by atoms with E-state index in [0.717, 1.165) is 15.3 Å². The molecule has 6 nitrogen and oxygen atoms in total. The number of hydrogen-bond acceptors (Lipinski definition) is 6. The quantitative estimate of drug-likeness (QED) is 0.421. The second kappa shape index (κ2) is 8.32. The Morgan fingerprint density at radius 1 is 1.21 bits per heavy atom. The molecule has 8 heteroatoms. The molecule has 2 aromatic rings. The van der Waals surface area contributed by atoms with Crippen LogP contribution in [0.15, 0.2) is 59.5 Å². The molecule has 0 saturated carbocycles. The molecule has 0 aromatic heterocycles. The van der Waals surface area contributed by atoms with Crippen LogP contribution < -0.4 is 10.2 Å². The first-order valence-electron chi connectivity index (χ1n) is 7.07. The van der Waals surface area contributed by atoms with E-state index in [-0.39, 0.29) is 11.4 Å². The molecule has 0 fully saturated rings. The summed E-state index contributed by atoms with van der Waals surface area (Å²) in [5, 5.41) is 10.7. The first-order chi connectivity index (χ1) is 11.5. The number of hydrogen-bond donors (Lipinski definition) is 2. The van der Waals surface area contributed by atoms with Gasteiger partial charge in [0.05, 0.1) is 18.6 Å².